The molecule has 59 valence electrons. The Kier molecular flexibility index (Phi) is 4.29. The van der Waals surface area contributed by atoms with Gasteiger partial charge in [0.15, 0.2) is 0 Å². The Morgan fingerprint density at radius 2 is 1.62 bits per heavy atom. The quantitative estimate of drug-likeness (QED) is 0.504. The van der Waals surface area contributed by atoms with Crippen molar-refractivity contribution in [1.82, 2.24) is 0 Å². The average molecular weight is 195 g/mol. The van der Waals surface area contributed by atoms with E-state index in [1.165, 1.54) is 5.39 Å². The largest absolute Gasteiger partial charge is 0.298 e. The van der Waals surface area contributed by atoms with Crippen LogP contribution >= 0.6 is 0 Å². The summed E-state index contributed by atoms with van der Waals surface area (Å²) in [5.41, 5.74) is 0.730. The number of hydrogen-bond donors (Lipinski definition) is 0. The zero-order valence-corrected chi connectivity index (χ0v) is 10.7. The molecule has 2 rings (SSSR count). The maximum absolute atomic E-state index is 10.5. The van der Waals surface area contributed by atoms with E-state index < -0.39 is 0 Å². The minimum Gasteiger partial charge on any atom is -0.298 e. The van der Waals surface area contributed by atoms with Crippen molar-refractivity contribution in [2.24, 2.45) is 0 Å². The minimum atomic E-state index is 0. The van der Waals surface area contributed by atoms with Crippen LogP contribution in [0.2, 0.25) is 0 Å². The molecule has 13 heavy (non-hydrogen) atoms. The summed E-state index contributed by atoms with van der Waals surface area (Å²) in [6, 6.07) is 13.7. The van der Waals surface area contributed by atoms with E-state index in [-0.39, 0.29) is 51.4 Å². The predicted molar refractivity (Wildman–Crippen MR) is 55.1 cm³/mol. The molecule has 0 heterocycles. The molecule has 0 unspecified atom stereocenters. The second-order valence-electron chi connectivity index (χ2n) is 2.72. The Balaban J connectivity index is 0.000000845. The second kappa shape index (κ2) is 5.03. The van der Waals surface area contributed by atoms with Crippen LogP contribution in [0.5, 0.6) is 0 Å². The van der Waals surface area contributed by atoms with Crippen molar-refractivity contribution in [2.75, 3.05) is 0 Å². The second-order valence-corrected chi connectivity index (χ2v) is 2.72. The molecule has 0 aliphatic carbocycles. The summed E-state index contributed by atoms with van der Waals surface area (Å²) in [5.74, 6) is 0. The Labute approximate surface area is 120 Å². The molecule has 0 spiro atoms. The van der Waals surface area contributed by atoms with Crippen LogP contribution in [-0.2, 0) is 0 Å². The van der Waals surface area contributed by atoms with Crippen molar-refractivity contribution >= 4 is 68.4 Å². The van der Waals surface area contributed by atoms with Gasteiger partial charge in [-0.1, -0.05) is 36.4 Å². The minimum absolute atomic E-state index is 0. The van der Waals surface area contributed by atoms with Gasteiger partial charge in [-0.15, -0.1) is 0 Å². The molecule has 0 N–H and O–H groups in total. The van der Waals surface area contributed by atoms with Crippen LogP contribution in [0.4, 0.5) is 0 Å². The summed E-state index contributed by atoms with van der Waals surface area (Å²) in [5, 5.41) is 2.28. The fourth-order valence-corrected chi connectivity index (χ4v) is 1.28. The van der Waals surface area contributed by atoms with Gasteiger partial charge in [0.1, 0.15) is 6.29 Å². The van der Waals surface area contributed by atoms with Gasteiger partial charge in [0.05, 0.1) is 0 Å². The number of carbonyl (C=O) groups excluding carboxylic acids is 1. The van der Waals surface area contributed by atoms with E-state index in [0.29, 0.717) is 0 Å². The van der Waals surface area contributed by atoms with Gasteiger partial charge < -0.3 is 0 Å². The van der Waals surface area contributed by atoms with E-state index in [4.69, 9.17) is 0 Å². The molecule has 2 aromatic rings. The number of rotatable bonds is 1. The fraction of sp³-hybridized carbons (Fsp3) is 0. The van der Waals surface area contributed by atoms with Gasteiger partial charge in [-0.3, -0.25) is 4.79 Å². The van der Waals surface area contributed by atoms with Crippen LogP contribution in [0.25, 0.3) is 10.8 Å². The summed E-state index contributed by atoms with van der Waals surface area (Å²) in [4.78, 5) is 10.5. The Bertz CT molecular complexity index is 423. The van der Waals surface area contributed by atoms with Crippen LogP contribution in [-0.4, -0.2) is 57.7 Å². The number of fused-ring (bicyclic) bond motifs is 1. The summed E-state index contributed by atoms with van der Waals surface area (Å²) in [6.45, 7) is 0. The first-order valence-electron chi connectivity index (χ1n) is 3.84. The number of benzene rings is 2. The third-order valence-corrected chi connectivity index (χ3v) is 1.91. The molecule has 2 aromatic carbocycles. The third-order valence-electron chi connectivity index (χ3n) is 1.91. The van der Waals surface area contributed by atoms with Gasteiger partial charge in [0.25, 0.3) is 0 Å². The first-order valence-corrected chi connectivity index (χ1v) is 3.84. The van der Waals surface area contributed by atoms with Crippen LogP contribution in [0.1, 0.15) is 10.4 Å². The monoisotopic (exact) mass is 195 g/mol. The van der Waals surface area contributed by atoms with E-state index in [1.54, 1.807) is 0 Å². The number of carbonyl (C=O) groups is 1. The molecule has 0 bridgehead atoms. The van der Waals surface area contributed by atoms with Crippen LogP contribution in [0.3, 0.4) is 0 Å². The fourth-order valence-electron chi connectivity index (χ4n) is 1.28. The molecule has 0 aliphatic rings. The molecule has 0 aliphatic heterocycles. The standard InChI is InChI=1S/C11H8O.K/c12-8-9-5-6-10-3-1-2-4-11(10)7-9;/h1-8H;. The van der Waals surface area contributed by atoms with Crippen molar-refractivity contribution in [1.29, 1.82) is 0 Å². The van der Waals surface area contributed by atoms with Gasteiger partial charge >= 0.3 is 0 Å². The molecule has 1 nitrogen and oxygen atoms in total. The maximum atomic E-state index is 10.5. The zero-order chi connectivity index (χ0) is 8.39. The first-order chi connectivity index (χ1) is 5.90. The molecule has 0 aromatic heterocycles. The SMILES string of the molecule is O=Cc1ccc2ccccc2c1.[K]. The molecule has 0 saturated carbocycles. The molecular weight excluding hydrogens is 187 g/mol. The Morgan fingerprint density at radius 3 is 2.31 bits per heavy atom. The molecule has 0 amide bonds. The van der Waals surface area contributed by atoms with Crippen molar-refractivity contribution in [3.8, 4) is 0 Å². The maximum Gasteiger partial charge on any atom is 0.150 e. The summed E-state index contributed by atoms with van der Waals surface area (Å²) >= 11 is 0. The van der Waals surface area contributed by atoms with Crippen molar-refractivity contribution in [3.63, 3.8) is 0 Å². The molecule has 0 saturated heterocycles. The number of hydrogen-bond acceptors (Lipinski definition) is 1. The topological polar surface area (TPSA) is 17.1 Å². The van der Waals surface area contributed by atoms with Crippen molar-refractivity contribution in [2.45, 2.75) is 0 Å². The molecule has 0 fully saturated rings. The molecular formula is C11H8KO. The Morgan fingerprint density at radius 1 is 0.923 bits per heavy atom. The zero-order valence-electron chi connectivity index (χ0n) is 7.53. The van der Waals surface area contributed by atoms with Gasteiger partial charge in [-0.2, -0.15) is 0 Å². The van der Waals surface area contributed by atoms with E-state index >= 15 is 0 Å². The number of aldehydes is 1. The Hall–Kier alpha value is 0.00636. The van der Waals surface area contributed by atoms with E-state index in [9.17, 15) is 4.79 Å². The van der Waals surface area contributed by atoms with Gasteiger partial charge in [0, 0.05) is 56.9 Å². The van der Waals surface area contributed by atoms with Gasteiger partial charge in [-0.25, -0.2) is 0 Å². The average Bonchev–Trinajstić information content (AvgIpc) is 2.17. The van der Waals surface area contributed by atoms with Crippen molar-refractivity contribution < 1.29 is 4.79 Å². The van der Waals surface area contributed by atoms with Gasteiger partial charge in [-0.05, 0) is 16.8 Å². The molecule has 2 heteroatoms. The molecule has 1 radical (unpaired) electrons. The van der Waals surface area contributed by atoms with Crippen LogP contribution in [0, 0.1) is 0 Å². The van der Waals surface area contributed by atoms with Gasteiger partial charge in [0.2, 0.25) is 0 Å². The van der Waals surface area contributed by atoms with E-state index in [0.717, 1.165) is 17.2 Å². The predicted octanol–water partition coefficient (Wildman–Crippen LogP) is 2.27. The first kappa shape index (κ1) is 11.1. The summed E-state index contributed by atoms with van der Waals surface area (Å²) in [6.07, 6.45) is 0.867. The normalized spacial score (nSPS) is 9.23. The summed E-state index contributed by atoms with van der Waals surface area (Å²) < 4.78 is 0. The third kappa shape index (κ3) is 2.48. The molecule has 0 atom stereocenters. The van der Waals surface area contributed by atoms with E-state index in [1.807, 2.05) is 42.5 Å². The van der Waals surface area contributed by atoms with E-state index in [2.05, 4.69) is 0 Å². The van der Waals surface area contributed by atoms with Crippen molar-refractivity contribution in [3.05, 3.63) is 48.0 Å². The van der Waals surface area contributed by atoms with Crippen LogP contribution < -0.4 is 0 Å². The van der Waals surface area contributed by atoms with Crippen LogP contribution in [0.15, 0.2) is 42.5 Å². The summed E-state index contributed by atoms with van der Waals surface area (Å²) in [7, 11) is 0. The smallest absolute Gasteiger partial charge is 0.150 e.